The van der Waals surface area contributed by atoms with Crippen molar-refractivity contribution in [3.63, 3.8) is 0 Å². The molecule has 0 saturated carbocycles. The van der Waals surface area contributed by atoms with E-state index in [1.54, 1.807) is 0 Å². The second kappa shape index (κ2) is 11.9. The van der Waals surface area contributed by atoms with Gasteiger partial charge in [-0.25, -0.2) is 0 Å². The van der Waals surface area contributed by atoms with Crippen LogP contribution in [0.5, 0.6) is 0 Å². The standard InChI is InChI=1S/C20H3Cl14NO/c21-6-2(7(22)13(28)5(12(6)27)20(35)36)1(3-8(23)14(29)18(33)15(30)9(3)24)4-10(25)16(31)19(34)17(32)11(4)26/h36H,35H2. The fourth-order valence-electron chi connectivity index (χ4n) is 3.10. The number of rotatable bonds is 2. The second-order valence-electron chi connectivity index (χ2n) is 6.66. The molecule has 3 N–H and O–H groups in total. The quantitative estimate of drug-likeness (QED) is 0.201. The summed E-state index contributed by atoms with van der Waals surface area (Å²) in [5.74, 6) is -0.760. The first-order valence-electron chi connectivity index (χ1n) is 8.66. The zero-order valence-electron chi connectivity index (χ0n) is 16.3. The SMILES string of the molecule is NC(O)=c1c(Cl)c(Cl)c(=C(c2c(Cl)c(Cl)c(Cl)c(Cl)c2Cl)c2c(Cl)c(Cl)c(Cl)c(Cl)c2Cl)c(Cl)c1Cl. The molecule has 192 valence electrons. The van der Waals surface area contributed by atoms with Crippen LogP contribution in [0.4, 0.5) is 0 Å². The Morgan fingerprint density at radius 2 is 0.583 bits per heavy atom. The second-order valence-corrected chi connectivity index (χ2v) is 11.9. The van der Waals surface area contributed by atoms with Gasteiger partial charge in [-0.05, 0) is 0 Å². The smallest absolute Gasteiger partial charge is 0.192 e. The number of hydrogen-bond acceptors (Lipinski definition) is 2. The number of nitrogens with two attached hydrogens (primary N) is 1. The van der Waals surface area contributed by atoms with Crippen molar-refractivity contribution in [3.8, 4) is 0 Å². The fraction of sp³-hybridized carbons (Fsp3) is 0. The molecule has 0 bridgehead atoms. The molecule has 0 unspecified atom stereocenters. The van der Waals surface area contributed by atoms with Gasteiger partial charge in [0.2, 0.25) is 0 Å². The molecule has 3 rings (SSSR count). The first-order valence-corrected chi connectivity index (χ1v) is 13.9. The van der Waals surface area contributed by atoms with Crippen LogP contribution in [0.2, 0.25) is 70.3 Å². The zero-order valence-corrected chi connectivity index (χ0v) is 26.9. The third kappa shape index (κ3) is 5.13. The van der Waals surface area contributed by atoms with Crippen LogP contribution >= 0.6 is 162 Å². The molecule has 0 aromatic heterocycles. The van der Waals surface area contributed by atoms with E-state index in [2.05, 4.69) is 0 Å². The minimum Gasteiger partial charge on any atom is -0.494 e. The van der Waals surface area contributed by atoms with Gasteiger partial charge in [-0.1, -0.05) is 162 Å². The molecule has 3 aromatic carbocycles. The van der Waals surface area contributed by atoms with E-state index in [4.69, 9.17) is 168 Å². The number of halogens is 14. The van der Waals surface area contributed by atoms with E-state index in [1.807, 2.05) is 0 Å². The molecule has 0 spiro atoms. The van der Waals surface area contributed by atoms with Crippen LogP contribution in [0.1, 0.15) is 11.1 Å². The maximum absolute atomic E-state index is 9.90. The van der Waals surface area contributed by atoms with Gasteiger partial charge < -0.3 is 10.8 Å². The van der Waals surface area contributed by atoms with Gasteiger partial charge in [0.15, 0.2) is 5.88 Å². The van der Waals surface area contributed by atoms with Crippen LogP contribution in [0.25, 0.3) is 11.5 Å². The lowest BCUT2D eigenvalue weighted by molar-refractivity contribution is 0.492. The van der Waals surface area contributed by atoms with Gasteiger partial charge in [0.1, 0.15) is 0 Å². The highest BCUT2D eigenvalue weighted by molar-refractivity contribution is 6.58. The molecule has 0 heterocycles. The first kappa shape index (κ1) is 31.6. The van der Waals surface area contributed by atoms with Gasteiger partial charge in [0, 0.05) is 21.9 Å². The number of hydrogen-bond donors (Lipinski definition) is 2. The van der Waals surface area contributed by atoms with Crippen LogP contribution in [0, 0.1) is 0 Å². The Morgan fingerprint density at radius 1 is 0.361 bits per heavy atom. The Balaban J connectivity index is 2.91. The minimum absolute atomic E-state index is 0.0966. The van der Waals surface area contributed by atoms with Crippen LogP contribution in [-0.4, -0.2) is 5.11 Å². The zero-order chi connectivity index (χ0) is 27.5. The summed E-state index contributed by atoms with van der Waals surface area (Å²) in [7, 11) is 0. The predicted octanol–water partition coefficient (Wildman–Crippen LogP) is 11.7. The van der Waals surface area contributed by atoms with E-state index < -0.39 is 5.88 Å². The van der Waals surface area contributed by atoms with E-state index in [1.165, 1.54) is 0 Å². The van der Waals surface area contributed by atoms with Crippen molar-refractivity contribution in [3.05, 3.63) is 91.9 Å². The maximum Gasteiger partial charge on any atom is 0.192 e. The summed E-state index contributed by atoms with van der Waals surface area (Å²) in [6, 6.07) is 0. The first-order chi connectivity index (χ1) is 16.6. The monoisotopic (exact) mass is 763 g/mol. The molecule has 0 radical (unpaired) electrons. The molecule has 0 aliphatic rings. The molecule has 0 saturated heterocycles. The van der Waals surface area contributed by atoms with Gasteiger partial charge in [0.05, 0.1) is 75.5 Å². The molecular weight excluding hydrogens is 767 g/mol. The molecular formula is C20H3Cl14NO. The third-order valence-electron chi connectivity index (χ3n) is 4.69. The van der Waals surface area contributed by atoms with Crippen molar-refractivity contribution in [2.75, 3.05) is 0 Å². The van der Waals surface area contributed by atoms with Gasteiger partial charge >= 0.3 is 0 Å². The van der Waals surface area contributed by atoms with Crippen molar-refractivity contribution in [1.82, 2.24) is 0 Å². The molecule has 36 heavy (non-hydrogen) atoms. The van der Waals surface area contributed by atoms with Gasteiger partial charge in [-0.3, -0.25) is 0 Å². The third-order valence-corrected chi connectivity index (χ3v) is 10.9. The lowest BCUT2D eigenvalue weighted by atomic mass is 9.94. The summed E-state index contributed by atoms with van der Waals surface area (Å²) in [6.07, 6.45) is 0. The number of benzene rings is 3. The van der Waals surface area contributed by atoms with Crippen LogP contribution < -0.4 is 16.2 Å². The Bertz CT molecular complexity index is 1430. The highest BCUT2D eigenvalue weighted by Crippen LogP contribution is 2.52. The Hall–Kier alpha value is 1.06. The fourth-order valence-corrected chi connectivity index (χ4v) is 6.99. The summed E-state index contributed by atoms with van der Waals surface area (Å²) in [5.41, 5.74) is 5.20. The van der Waals surface area contributed by atoms with Crippen LogP contribution in [0.3, 0.4) is 0 Å². The molecule has 0 fully saturated rings. The highest BCUT2D eigenvalue weighted by atomic mass is 35.5. The molecule has 0 aliphatic heterocycles. The van der Waals surface area contributed by atoms with E-state index in [0.717, 1.165) is 0 Å². The maximum atomic E-state index is 9.90. The predicted molar refractivity (Wildman–Crippen MR) is 161 cm³/mol. The van der Waals surface area contributed by atoms with Crippen molar-refractivity contribution in [1.29, 1.82) is 0 Å². The molecule has 2 nitrogen and oxygen atoms in total. The average Bonchev–Trinajstić information content (AvgIpc) is 2.82. The largest absolute Gasteiger partial charge is 0.494 e. The Kier molecular flexibility index (Phi) is 10.4. The summed E-state index contributed by atoms with van der Waals surface area (Å²) >= 11 is 90.0. The van der Waals surface area contributed by atoms with E-state index in [0.29, 0.717) is 0 Å². The van der Waals surface area contributed by atoms with E-state index in [9.17, 15) is 5.11 Å². The molecule has 0 amide bonds. The van der Waals surface area contributed by atoms with E-state index >= 15 is 0 Å². The Morgan fingerprint density at radius 3 is 0.833 bits per heavy atom. The van der Waals surface area contributed by atoms with Crippen molar-refractivity contribution in [2.24, 2.45) is 5.73 Å². The summed E-state index contributed by atoms with van der Waals surface area (Å²) in [6.45, 7) is 0. The number of aliphatic hydroxyl groups is 1. The van der Waals surface area contributed by atoms with Crippen LogP contribution in [-0.2, 0) is 0 Å². The Labute approximate surface area is 273 Å². The summed E-state index contributed by atoms with van der Waals surface area (Å²) in [5, 5.41) is 6.48. The van der Waals surface area contributed by atoms with Crippen molar-refractivity contribution in [2.45, 2.75) is 0 Å². The summed E-state index contributed by atoms with van der Waals surface area (Å²) < 4.78 is 0. The highest BCUT2D eigenvalue weighted by Gasteiger charge is 2.31. The summed E-state index contributed by atoms with van der Waals surface area (Å²) in [4.78, 5) is 0. The lowest BCUT2D eigenvalue weighted by Crippen LogP contribution is -2.24. The number of aliphatic hydroxyl groups excluding tert-OH is 1. The molecule has 16 heteroatoms. The molecule has 0 atom stereocenters. The van der Waals surface area contributed by atoms with Crippen molar-refractivity contribution < 1.29 is 5.11 Å². The molecule has 3 aromatic rings. The lowest BCUT2D eigenvalue weighted by Gasteiger charge is -2.21. The molecule has 0 aliphatic carbocycles. The van der Waals surface area contributed by atoms with Crippen LogP contribution in [0.15, 0.2) is 0 Å². The van der Waals surface area contributed by atoms with Gasteiger partial charge in [-0.2, -0.15) is 0 Å². The van der Waals surface area contributed by atoms with Gasteiger partial charge in [-0.15, -0.1) is 0 Å². The minimum atomic E-state index is -0.760. The normalized spacial score (nSPS) is 11.3. The van der Waals surface area contributed by atoms with Gasteiger partial charge in [0.25, 0.3) is 0 Å². The topological polar surface area (TPSA) is 46.2 Å². The van der Waals surface area contributed by atoms with Crippen molar-refractivity contribution >= 4 is 174 Å². The average molecular weight is 770 g/mol. The van der Waals surface area contributed by atoms with E-state index in [-0.39, 0.29) is 97.5 Å².